The number of nitrogens with zero attached hydrogens (tertiary/aromatic N) is 2. The summed E-state index contributed by atoms with van der Waals surface area (Å²) in [4.78, 5) is 43.3. The number of para-hydroxylation sites is 1. The molecular weight excluding hydrogens is 480 g/mol. The molecule has 3 aromatic rings. The second-order valence-electron chi connectivity index (χ2n) is 7.98. The number of carbonyl (C=O) groups excluding carboxylic acids is 3. The highest BCUT2D eigenvalue weighted by Gasteiger charge is 2.46. The Morgan fingerprint density at radius 1 is 0.914 bits per heavy atom. The number of hydrogen-bond donors (Lipinski definition) is 0. The molecule has 8 heteroatoms. The van der Waals surface area contributed by atoms with Crippen LogP contribution in [0.3, 0.4) is 0 Å². The van der Waals surface area contributed by atoms with Gasteiger partial charge in [-0.1, -0.05) is 103 Å². The summed E-state index contributed by atoms with van der Waals surface area (Å²) in [6.07, 6.45) is 0. The van der Waals surface area contributed by atoms with Crippen molar-refractivity contribution in [3.63, 3.8) is 0 Å². The van der Waals surface area contributed by atoms with Gasteiger partial charge in [0.2, 0.25) is 0 Å². The van der Waals surface area contributed by atoms with Gasteiger partial charge in [0, 0.05) is 5.56 Å². The molecule has 3 aromatic carbocycles. The van der Waals surface area contributed by atoms with Gasteiger partial charge in [0.1, 0.15) is 4.32 Å². The third-order valence-corrected chi connectivity index (χ3v) is 7.33. The first-order valence-corrected chi connectivity index (χ1v) is 12.1. The topological polar surface area (TPSA) is 66.9 Å². The molecule has 1 saturated heterocycles. The fourth-order valence-electron chi connectivity index (χ4n) is 4.31. The van der Waals surface area contributed by atoms with E-state index in [2.05, 4.69) is 0 Å². The molecule has 0 saturated carbocycles. The van der Waals surface area contributed by atoms with Crippen molar-refractivity contribution in [2.24, 2.45) is 0 Å². The number of fused-ring (bicyclic) bond motifs is 1. The van der Waals surface area contributed by atoms with Crippen LogP contribution in [0.15, 0.2) is 89.8 Å². The molecule has 0 aromatic heterocycles. The van der Waals surface area contributed by atoms with E-state index in [0.29, 0.717) is 23.2 Å². The molecule has 174 valence electrons. The normalized spacial score (nSPS) is 18.1. The number of benzene rings is 3. The molecule has 6 nitrogen and oxygen atoms in total. The van der Waals surface area contributed by atoms with Crippen LogP contribution < -0.4 is 4.90 Å². The Balaban J connectivity index is 1.58. The number of carbonyl (C=O) groups is 3. The minimum absolute atomic E-state index is 0.198. The van der Waals surface area contributed by atoms with Crippen LogP contribution in [0.2, 0.25) is 0 Å². The molecule has 0 bridgehead atoms. The van der Waals surface area contributed by atoms with Crippen LogP contribution in [0.25, 0.3) is 5.57 Å². The number of amides is 2. The Kier molecular flexibility index (Phi) is 6.23. The van der Waals surface area contributed by atoms with E-state index in [1.807, 2.05) is 60.7 Å². The molecule has 5 rings (SSSR count). The zero-order chi connectivity index (χ0) is 24.5. The monoisotopic (exact) mass is 500 g/mol. The molecule has 2 aliphatic rings. The van der Waals surface area contributed by atoms with Crippen molar-refractivity contribution in [2.45, 2.75) is 12.6 Å². The molecule has 0 aliphatic carbocycles. The van der Waals surface area contributed by atoms with E-state index in [4.69, 9.17) is 17.0 Å². The quantitative estimate of drug-likeness (QED) is 0.287. The van der Waals surface area contributed by atoms with Crippen LogP contribution in [0.5, 0.6) is 0 Å². The largest absolute Gasteiger partial charge is 0.467 e. The number of methoxy groups -OCH3 is 1. The fraction of sp³-hybridized carbons (Fsp3) is 0.111. The summed E-state index contributed by atoms with van der Waals surface area (Å²) < 4.78 is 5.20. The molecule has 2 heterocycles. The SMILES string of the molecule is COC(=O)C(c1ccccc1)N1C(=O)/C(=C2/C(=O)N(Cc3ccccc3)c3ccccc32)SC1=S. The van der Waals surface area contributed by atoms with E-state index in [-0.39, 0.29) is 15.1 Å². The van der Waals surface area contributed by atoms with Crippen LogP contribution >= 0.6 is 24.0 Å². The minimum Gasteiger partial charge on any atom is -0.467 e. The summed E-state index contributed by atoms with van der Waals surface area (Å²) in [5.74, 6) is -1.37. The number of rotatable bonds is 5. The molecule has 0 radical (unpaired) electrons. The van der Waals surface area contributed by atoms with Crippen molar-refractivity contribution in [1.29, 1.82) is 0 Å². The van der Waals surface area contributed by atoms with Crippen molar-refractivity contribution in [2.75, 3.05) is 12.0 Å². The van der Waals surface area contributed by atoms with E-state index in [1.165, 1.54) is 12.0 Å². The highest BCUT2D eigenvalue weighted by Crippen LogP contribution is 2.46. The predicted molar refractivity (Wildman–Crippen MR) is 139 cm³/mol. The first-order chi connectivity index (χ1) is 17.0. The fourth-order valence-corrected chi connectivity index (χ4v) is 5.70. The van der Waals surface area contributed by atoms with Gasteiger partial charge in [-0.25, -0.2) is 4.79 Å². The van der Waals surface area contributed by atoms with Crippen molar-refractivity contribution in [1.82, 2.24) is 4.90 Å². The Labute approximate surface area is 212 Å². The molecule has 1 unspecified atom stereocenters. The van der Waals surface area contributed by atoms with Crippen LogP contribution in [0.1, 0.15) is 22.7 Å². The van der Waals surface area contributed by atoms with Gasteiger partial charge in [0.25, 0.3) is 11.8 Å². The second-order valence-corrected chi connectivity index (χ2v) is 9.62. The van der Waals surface area contributed by atoms with E-state index < -0.39 is 17.9 Å². The van der Waals surface area contributed by atoms with Gasteiger partial charge in [0.05, 0.1) is 29.8 Å². The van der Waals surface area contributed by atoms with Crippen molar-refractivity contribution < 1.29 is 19.1 Å². The van der Waals surface area contributed by atoms with Gasteiger partial charge in [-0.3, -0.25) is 14.5 Å². The van der Waals surface area contributed by atoms with E-state index >= 15 is 0 Å². The zero-order valence-corrected chi connectivity index (χ0v) is 20.3. The van der Waals surface area contributed by atoms with E-state index in [9.17, 15) is 14.4 Å². The maximum atomic E-state index is 13.7. The van der Waals surface area contributed by atoms with Crippen LogP contribution in [-0.4, -0.2) is 34.1 Å². The predicted octanol–water partition coefficient (Wildman–Crippen LogP) is 4.72. The first kappa shape index (κ1) is 23.0. The third-order valence-electron chi connectivity index (χ3n) is 5.93. The van der Waals surface area contributed by atoms with Gasteiger partial charge in [-0.05, 0) is 17.2 Å². The molecule has 0 N–H and O–H groups in total. The molecular formula is C27H20N2O4S2. The Hall–Kier alpha value is -3.75. The first-order valence-electron chi connectivity index (χ1n) is 10.9. The van der Waals surface area contributed by atoms with Crippen LogP contribution in [0, 0.1) is 0 Å². The van der Waals surface area contributed by atoms with Crippen LogP contribution in [-0.2, 0) is 25.7 Å². The Bertz CT molecular complexity index is 1370. The highest BCUT2D eigenvalue weighted by molar-refractivity contribution is 8.26. The standard InChI is InChI=1S/C27H20N2O4S2/c1-33-26(32)22(18-12-6-3-7-13-18)29-25(31)23(35-27(29)34)21-19-14-8-9-15-20(19)28(24(21)30)16-17-10-4-2-5-11-17/h2-15,22H,16H2,1H3/b23-21-. The number of ether oxygens (including phenoxy) is 1. The summed E-state index contributed by atoms with van der Waals surface area (Å²) in [5, 5.41) is 0. The number of hydrogen-bond acceptors (Lipinski definition) is 6. The lowest BCUT2D eigenvalue weighted by Gasteiger charge is -2.24. The maximum absolute atomic E-state index is 13.7. The molecule has 35 heavy (non-hydrogen) atoms. The summed E-state index contributed by atoms with van der Waals surface area (Å²) in [5.41, 5.74) is 3.25. The Morgan fingerprint density at radius 2 is 1.54 bits per heavy atom. The van der Waals surface area contributed by atoms with Gasteiger partial charge < -0.3 is 9.64 Å². The smallest absolute Gasteiger partial charge is 0.333 e. The lowest BCUT2D eigenvalue weighted by molar-refractivity contribution is -0.148. The molecule has 1 atom stereocenters. The second kappa shape index (κ2) is 9.48. The molecule has 1 fully saturated rings. The van der Waals surface area contributed by atoms with Crippen molar-refractivity contribution >= 4 is 57.3 Å². The Morgan fingerprint density at radius 3 is 2.23 bits per heavy atom. The number of anilines is 1. The number of esters is 1. The average molecular weight is 501 g/mol. The number of thioether (sulfide) groups is 1. The van der Waals surface area contributed by atoms with Gasteiger partial charge in [-0.15, -0.1) is 0 Å². The zero-order valence-electron chi connectivity index (χ0n) is 18.7. The summed E-state index contributed by atoms with van der Waals surface area (Å²) >= 11 is 6.58. The van der Waals surface area contributed by atoms with Crippen molar-refractivity contribution in [3.8, 4) is 0 Å². The van der Waals surface area contributed by atoms with Gasteiger partial charge >= 0.3 is 5.97 Å². The molecule has 2 amide bonds. The van der Waals surface area contributed by atoms with E-state index in [0.717, 1.165) is 23.0 Å². The van der Waals surface area contributed by atoms with Gasteiger partial charge in [0.15, 0.2) is 6.04 Å². The molecule has 2 aliphatic heterocycles. The third kappa shape index (κ3) is 4.05. The van der Waals surface area contributed by atoms with Crippen LogP contribution in [0.4, 0.5) is 5.69 Å². The average Bonchev–Trinajstić information content (AvgIpc) is 3.32. The van der Waals surface area contributed by atoms with E-state index in [1.54, 1.807) is 29.2 Å². The maximum Gasteiger partial charge on any atom is 0.333 e. The number of thiocarbonyl (C=S) groups is 1. The van der Waals surface area contributed by atoms with Gasteiger partial charge in [-0.2, -0.15) is 0 Å². The summed E-state index contributed by atoms with van der Waals surface area (Å²) in [7, 11) is 1.27. The lowest BCUT2D eigenvalue weighted by atomic mass is 10.0. The highest BCUT2D eigenvalue weighted by atomic mass is 32.2. The summed E-state index contributed by atoms with van der Waals surface area (Å²) in [6, 6.07) is 24.9. The lowest BCUT2D eigenvalue weighted by Crippen LogP contribution is -2.38. The summed E-state index contributed by atoms with van der Waals surface area (Å²) in [6.45, 7) is 0.370. The minimum atomic E-state index is -1.04. The van der Waals surface area contributed by atoms with Crippen molar-refractivity contribution in [3.05, 3.63) is 107 Å². The molecule has 0 spiro atoms.